The molecular formula is C22H42N3O+. The lowest BCUT2D eigenvalue weighted by molar-refractivity contribution is -0.897. The van der Waals surface area contributed by atoms with Gasteiger partial charge in [0.25, 0.3) is 0 Å². The van der Waals surface area contributed by atoms with E-state index in [9.17, 15) is 4.79 Å². The first-order valence-corrected chi connectivity index (χ1v) is 10.8. The van der Waals surface area contributed by atoms with Gasteiger partial charge in [-0.2, -0.15) is 0 Å². The van der Waals surface area contributed by atoms with Crippen molar-refractivity contribution in [3.8, 4) is 0 Å². The van der Waals surface area contributed by atoms with Crippen molar-refractivity contribution in [3.63, 3.8) is 0 Å². The van der Waals surface area contributed by atoms with Crippen molar-refractivity contribution in [2.75, 3.05) is 19.6 Å². The first-order chi connectivity index (χ1) is 12.6. The zero-order chi connectivity index (χ0) is 19.1. The van der Waals surface area contributed by atoms with Crippen molar-refractivity contribution < 1.29 is 9.28 Å². The summed E-state index contributed by atoms with van der Waals surface area (Å²) in [7, 11) is 0. The highest BCUT2D eigenvalue weighted by atomic mass is 16.1. The fourth-order valence-corrected chi connectivity index (χ4v) is 3.73. The highest BCUT2D eigenvalue weighted by molar-refractivity contribution is 5.72. The van der Waals surface area contributed by atoms with Crippen molar-refractivity contribution in [3.05, 3.63) is 24.6 Å². The summed E-state index contributed by atoms with van der Waals surface area (Å²) in [6, 6.07) is 0. The molecule has 0 saturated heterocycles. The number of unbranched alkanes of at least 4 members (excludes halogenated alkanes) is 8. The van der Waals surface area contributed by atoms with Gasteiger partial charge in [0.2, 0.25) is 5.91 Å². The van der Waals surface area contributed by atoms with Crippen LogP contribution < -0.4 is 10.6 Å². The summed E-state index contributed by atoms with van der Waals surface area (Å²) in [6.45, 7) is 8.79. The number of rotatable bonds is 15. The molecule has 2 unspecified atom stereocenters. The summed E-state index contributed by atoms with van der Waals surface area (Å²) in [6.07, 6.45) is 22.7. The minimum absolute atomic E-state index is 0.0530. The van der Waals surface area contributed by atoms with E-state index in [-0.39, 0.29) is 5.91 Å². The van der Waals surface area contributed by atoms with E-state index in [0.29, 0.717) is 6.17 Å². The Morgan fingerprint density at radius 1 is 1.08 bits per heavy atom. The number of amides is 1. The molecule has 1 heterocycles. The van der Waals surface area contributed by atoms with Gasteiger partial charge in [0.1, 0.15) is 12.7 Å². The van der Waals surface area contributed by atoms with Gasteiger partial charge in [-0.15, -0.1) is 0 Å². The summed E-state index contributed by atoms with van der Waals surface area (Å²) in [5.41, 5.74) is 0. The predicted octanol–water partition coefficient (Wildman–Crippen LogP) is 4.84. The van der Waals surface area contributed by atoms with Crippen LogP contribution in [0.15, 0.2) is 24.6 Å². The van der Waals surface area contributed by atoms with Gasteiger partial charge in [-0.1, -0.05) is 64.0 Å². The topological polar surface area (TPSA) is 41.1 Å². The Balaban J connectivity index is 2.17. The molecule has 0 aromatic rings. The zero-order valence-electron chi connectivity index (χ0n) is 17.4. The number of carbonyl (C=O) groups excluding carboxylic acids is 1. The van der Waals surface area contributed by atoms with Crippen molar-refractivity contribution >= 4 is 5.91 Å². The van der Waals surface area contributed by atoms with Crippen LogP contribution in [0.1, 0.15) is 85.0 Å². The fourth-order valence-electron chi connectivity index (χ4n) is 3.73. The van der Waals surface area contributed by atoms with Gasteiger partial charge >= 0.3 is 0 Å². The molecule has 0 radical (unpaired) electrons. The number of hydrogen-bond acceptors (Lipinski definition) is 2. The molecule has 4 nitrogen and oxygen atoms in total. The molecule has 0 saturated carbocycles. The Hall–Kier alpha value is -1.29. The first kappa shape index (κ1) is 22.8. The summed E-state index contributed by atoms with van der Waals surface area (Å²) in [5, 5.41) is 6.43. The number of quaternary nitrogens is 1. The number of nitrogens with one attached hydrogen (secondary N) is 2. The number of hydrogen-bond donors (Lipinski definition) is 2. The van der Waals surface area contributed by atoms with Crippen LogP contribution in [0.4, 0.5) is 0 Å². The summed E-state index contributed by atoms with van der Waals surface area (Å²) < 4.78 is 0.905. The normalized spacial score (nSPS) is 22.0. The van der Waals surface area contributed by atoms with Gasteiger partial charge in [0.15, 0.2) is 6.17 Å². The average molecular weight is 365 g/mol. The van der Waals surface area contributed by atoms with E-state index in [0.717, 1.165) is 30.5 Å². The molecule has 0 aromatic carbocycles. The summed E-state index contributed by atoms with van der Waals surface area (Å²) in [5.74, 6) is 0.0530. The average Bonchev–Trinajstić information content (AvgIpc) is 3.02. The Bertz CT molecular complexity index is 433. The van der Waals surface area contributed by atoms with Gasteiger partial charge in [0.05, 0.1) is 19.3 Å². The van der Waals surface area contributed by atoms with Gasteiger partial charge in [-0.05, 0) is 19.8 Å². The van der Waals surface area contributed by atoms with Crippen LogP contribution in [0.5, 0.6) is 0 Å². The maximum Gasteiger partial charge on any atom is 0.217 e. The highest BCUT2D eigenvalue weighted by Gasteiger charge is 2.35. The first-order valence-electron chi connectivity index (χ1n) is 10.8. The Morgan fingerprint density at radius 3 is 2.42 bits per heavy atom. The lowest BCUT2D eigenvalue weighted by Gasteiger charge is -2.36. The molecule has 1 amide bonds. The molecule has 4 heteroatoms. The molecule has 1 rings (SSSR count). The minimum Gasteiger partial charge on any atom is -0.351 e. The third-order valence-corrected chi connectivity index (χ3v) is 5.52. The SMILES string of the molecule is CCCCCCCCCC/C=C/CC1NC=C[N+]1(CC)CCNC(C)=O. The molecule has 1 aliphatic heterocycles. The third-order valence-electron chi connectivity index (χ3n) is 5.52. The Labute approximate surface area is 161 Å². The van der Waals surface area contributed by atoms with E-state index in [1.54, 1.807) is 6.92 Å². The molecule has 2 N–H and O–H groups in total. The van der Waals surface area contributed by atoms with E-state index in [2.05, 4.69) is 49.0 Å². The van der Waals surface area contributed by atoms with Crippen LogP contribution in [-0.4, -0.2) is 36.2 Å². The quantitative estimate of drug-likeness (QED) is 0.248. The van der Waals surface area contributed by atoms with Gasteiger partial charge in [-0.3, -0.25) is 9.28 Å². The highest BCUT2D eigenvalue weighted by Crippen LogP contribution is 2.21. The van der Waals surface area contributed by atoms with Crippen LogP contribution in [0.3, 0.4) is 0 Å². The molecule has 150 valence electrons. The molecule has 0 fully saturated rings. The van der Waals surface area contributed by atoms with Crippen LogP contribution in [0, 0.1) is 0 Å². The summed E-state index contributed by atoms with van der Waals surface area (Å²) in [4.78, 5) is 11.1. The monoisotopic (exact) mass is 364 g/mol. The van der Waals surface area contributed by atoms with Crippen LogP contribution >= 0.6 is 0 Å². The second-order valence-corrected chi connectivity index (χ2v) is 7.59. The molecule has 0 bridgehead atoms. The van der Waals surface area contributed by atoms with Crippen LogP contribution in [0.25, 0.3) is 0 Å². The van der Waals surface area contributed by atoms with E-state index in [1.807, 2.05) is 0 Å². The van der Waals surface area contributed by atoms with Crippen LogP contribution in [0.2, 0.25) is 0 Å². The Kier molecular flexibility index (Phi) is 12.1. The summed E-state index contributed by atoms with van der Waals surface area (Å²) >= 11 is 0. The lowest BCUT2D eigenvalue weighted by atomic mass is 10.1. The number of carbonyl (C=O) groups is 1. The van der Waals surface area contributed by atoms with E-state index >= 15 is 0 Å². The largest absolute Gasteiger partial charge is 0.351 e. The molecule has 0 aliphatic carbocycles. The third kappa shape index (κ3) is 8.88. The second-order valence-electron chi connectivity index (χ2n) is 7.59. The smallest absolute Gasteiger partial charge is 0.217 e. The predicted molar refractivity (Wildman–Crippen MR) is 111 cm³/mol. The standard InChI is InChI=1S/C22H41N3O/c1-4-6-7-8-9-10-11-12-13-14-15-16-22-24-18-20-25(22,5-2)19-17-23-21(3)26/h14-15,18,20,22,24H,4-13,16-17,19H2,1-3H3/p+1/b15-14+. The molecule has 1 aliphatic rings. The van der Waals surface area contributed by atoms with Gasteiger partial charge < -0.3 is 10.6 Å². The molecular weight excluding hydrogens is 322 g/mol. The molecule has 26 heavy (non-hydrogen) atoms. The number of allylic oxidation sites excluding steroid dienone is 1. The number of likely N-dealkylation sites (N-methyl/N-ethyl adjacent to an activating group) is 1. The maximum atomic E-state index is 11.1. The molecule has 2 atom stereocenters. The van der Waals surface area contributed by atoms with Crippen molar-refractivity contribution in [2.24, 2.45) is 0 Å². The zero-order valence-corrected chi connectivity index (χ0v) is 17.4. The Morgan fingerprint density at radius 2 is 1.77 bits per heavy atom. The maximum absolute atomic E-state index is 11.1. The van der Waals surface area contributed by atoms with E-state index < -0.39 is 0 Å². The molecule has 0 aromatic heterocycles. The van der Waals surface area contributed by atoms with E-state index in [1.165, 1.54) is 57.8 Å². The van der Waals surface area contributed by atoms with Crippen molar-refractivity contribution in [2.45, 2.75) is 91.1 Å². The second kappa shape index (κ2) is 13.9. The van der Waals surface area contributed by atoms with Crippen molar-refractivity contribution in [1.82, 2.24) is 10.6 Å². The van der Waals surface area contributed by atoms with E-state index in [4.69, 9.17) is 0 Å². The fraction of sp³-hybridized carbons (Fsp3) is 0.773. The van der Waals surface area contributed by atoms with Crippen LogP contribution in [-0.2, 0) is 4.79 Å². The molecule has 0 spiro atoms. The van der Waals surface area contributed by atoms with Gasteiger partial charge in [0, 0.05) is 13.3 Å². The minimum atomic E-state index is 0.0530. The van der Waals surface area contributed by atoms with Crippen molar-refractivity contribution in [1.29, 1.82) is 0 Å². The van der Waals surface area contributed by atoms with Gasteiger partial charge in [-0.25, -0.2) is 0 Å². The number of nitrogens with zero attached hydrogens (tertiary/aromatic N) is 1. The lowest BCUT2D eigenvalue weighted by Crippen LogP contribution is -2.55.